The number of hydrogen-bond acceptors (Lipinski definition) is 3. The fraction of sp³-hybridized carbons (Fsp3) is 0.273. The Hall–Kier alpha value is -2.04. The van der Waals surface area contributed by atoms with Crippen molar-refractivity contribution in [2.45, 2.75) is 20.0 Å². The van der Waals surface area contributed by atoms with Gasteiger partial charge in [0.05, 0.1) is 12.3 Å². The van der Waals surface area contributed by atoms with Crippen molar-refractivity contribution >= 4 is 12.2 Å². The van der Waals surface area contributed by atoms with Crippen LogP contribution in [0, 0.1) is 0 Å². The van der Waals surface area contributed by atoms with Crippen molar-refractivity contribution in [2.24, 2.45) is 21.7 Å². The number of benzene rings is 1. The maximum Gasteiger partial charge on any atom is 0.211 e. The molecule has 1 rings (SSSR count). The van der Waals surface area contributed by atoms with Gasteiger partial charge in [-0.05, 0) is 31.5 Å². The van der Waals surface area contributed by atoms with Gasteiger partial charge in [0.25, 0.3) is 0 Å². The van der Waals surface area contributed by atoms with Crippen LogP contribution in [0.3, 0.4) is 0 Å². The molecule has 0 spiro atoms. The standard InChI is InChI=1S/C11H16N4O/c1-8(2)16-10-5-3-4-9(6-10)7-14-15-11(12)13/h3-8H,1-2H3,(H4,12,13,15)/b14-7+. The summed E-state index contributed by atoms with van der Waals surface area (Å²) < 4.78 is 5.54. The largest absolute Gasteiger partial charge is 0.491 e. The van der Waals surface area contributed by atoms with Gasteiger partial charge in [0.15, 0.2) is 0 Å². The zero-order chi connectivity index (χ0) is 12.0. The van der Waals surface area contributed by atoms with Gasteiger partial charge in [0.1, 0.15) is 5.75 Å². The summed E-state index contributed by atoms with van der Waals surface area (Å²) in [7, 11) is 0. The van der Waals surface area contributed by atoms with E-state index in [4.69, 9.17) is 16.2 Å². The van der Waals surface area contributed by atoms with Crippen molar-refractivity contribution in [3.8, 4) is 5.75 Å². The first-order valence-electron chi connectivity index (χ1n) is 4.96. The maximum absolute atomic E-state index is 5.54. The monoisotopic (exact) mass is 220 g/mol. The summed E-state index contributed by atoms with van der Waals surface area (Å²) in [5, 5.41) is 7.23. The second-order valence-electron chi connectivity index (χ2n) is 3.51. The molecule has 0 fully saturated rings. The van der Waals surface area contributed by atoms with E-state index in [1.165, 1.54) is 0 Å². The lowest BCUT2D eigenvalue weighted by molar-refractivity contribution is 0.242. The minimum absolute atomic E-state index is 0.0640. The summed E-state index contributed by atoms with van der Waals surface area (Å²) in [5.74, 6) is 0.731. The van der Waals surface area contributed by atoms with E-state index in [9.17, 15) is 0 Å². The first-order valence-corrected chi connectivity index (χ1v) is 4.96. The lowest BCUT2D eigenvalue weighted by Crippen LogP contribution is -2.21. The Kier molecular flexibility index (Phi) is 4.32. The summed E-state index contributed by atoms with van der Waals surface area (Å²) in [6, 6.07) is 7.52. The van der Waals surface area contributed by atoms with Crippen molar-refractivity contribution in [1.29, 1.82) is 0 Å². The van der Waals surface area contributed by atoms with Crippen LogP contribution in [0.1, 0.15) is 19.4 Å². The Morgan fingerprint density at radius 2 is 2.12 bits per heavy atom. The summed E-state index contributed by atoms with van der Waals surface area (Å²) in [6.45, 7) is 3.94. The smallest absolute Gasteiger partial charge is 0.211 e. The van der Waals surface area contributed by atoms with Crippen LogP contribution in [0.15, 0.2) is 34.5 Å². The molecule has 5 heteroatoms. The fourth-order valence-corrected chi connectivity index (χ4v) is 1.10. The highest BCUT2D eigenvalue weighted by Gasteiger charge is 1.97. The van der Waals surface area contributed by atoms with E-state index in [0.29, 0.717) is 0 Å². The molecule has 0 unspecified atom stereocenters. The van der Waals surface area contributed by atoms with Crippen LogP contribution >= 0.6 is 0 Å². The minimum Gasteiger partial charge on any atom is -0.491 e. The van der Waals surface area contributed by atoms with Crippen LogP contribution < -0.4 is 16.2 Å². The van der Waals surface area contributed by atoms with Crippen LogP contribution in [-0.4, -0.2) is 18.3 Å². The molecule has 0 heterocycles. The molecule has 1 aromatic rings. The number of guanidine groups is 1. The normalized spacial score (nSPS) is 10.7. The van der Waals surface area contributed by atoms with Crippen molar-refractivity contribution < 1.29 is 4.74 Å². The van der Waals surface area contributed by atoms with Gasteiger partial charge in [-0.2, -0.15) is 5.10 Å². The highest BCUT2D eigenvalue weighted by atomic mass is 16.5. The van der Waals surface area contributed by atoms with E-state index in [1.807, 2.05) is 38.1 Å². The molecule has 0 atom stereocenters. The Morgan fingerprint density at radius 1 is 1.38 bits per heavy atom. The van der Waals surface area contributed by atoms with E-state index < -0.39 is 0 Å². The number of ether oxygens (including phenoxy) is 1. The average Bonchev–Trinajstić information content (AvgIpc) is 2.16. The molecule has 0 aliphatic heterocycles. The Balaban J connectivity index is 2.74. The first-order chi connectivity index (χ1) is 7.58. The first kappa shape index (κ1) is 12.0. The zero-order valence-corrected chi connectivity index (χ0v) is 9.42. The Labute approximate surface area is 94.8 Å². The van der Waals surface area contributed by atoms with Crippen LogP contribution in [0.5, 0.6) is 5.75 Å². The van der Waals surface area contributed by atoms with E-state index >= 15 is 0 Å². The quantitative estimate of drug-likeness (QED) is 0.452. The van der Waals surface area contributed by atoms with Crippen molar-refractivity contribution in [2.75, 3.05) is 0 Å². The predicted molar refractivity (Wildman–Crippen MR) is 65.6 cm³/mol. The molecule has 86 valence electrons. The molecular formula is C11H16N4O. The van der Waals surface area contributed by atoms with Gasteiger partial charge in [-0.15, -0.1) is 5.10 Å². The van der Waals surface area contributed by atoms with Gasteiger partial charge in [0, 0.05) is 0 Å². The average molecular weight is 220 g/mol. The Morgan fingerprint density at radius 3 is 2.75 bits per heavy atom. The van der Waals surface area contributed by atoms with Crippen molar-refractivity contribution in [1.82, 2.24) is 0 Å². The van der Waals surface area contributed by atoms with Crippen molar-refractivity contribution in [3.05, 3.63) is 29.8 Å². The molecule has 5 nitrogen and oxygen atoms in total. The maximum atomic E-state index is 5.54. The summed E-state index contributed by atoms with van der Waals surface area (Å²) in [5.41, 5.74) is 11.2. The lowest BCUT2D eigenvalue weighted by atomic mass is 10.2. The van der Waals surface area contributed by atoms with Gasteiger partial charge in [-0.25, -0.2) is 0 Å². The molecule has 4 N–H and O–H groups in total. The molecule has 0 bridgehead atoms. The molecular weight excluding hydrogens is 204 g/mol. The number of hydrogen-bond donors (Lipinski definition) is 2. The third-order valence-corrected chi connectivity index (χ3v) is 1.61. The third kappa shape index (κ3) is 4.45. The van der Waals surface area contributed by atoms with E-state index in [0.717, 1.165) is 11.3 Å². The van der Waals surface area contributed by atoms with E-state index in [2.05, 4.69) is 10.2 Å². The molecule has 0 saturated carbocycles. The molecule has 16 heavy (non-hydrogen) atoms. The van der Waals surface area contributed by atoms with Gasteiger partial charge >= 0.3 is 0 Å². The molecule has 0 saturated heterocycles. The SMILES string of the molecule is CC(C)Oc1cccc(/C=N/N=C(N)N)c1. The molecule has 0 aliphatic carbocycles. The molecule has 0 amide bonds. The second kappa shape index (κ2) is 5.75. The topological polar surface area (TPSA) is 86.0 Å². The van der Waals surface area contributed by atoms with Crippen LogP contribution in [0.4, 0.5) is 0 Å². The summed E-state index contributed by atoms with van der Waals surface area (Å²) in [4.78, 5) is 0. The Bertz CT molecular complexity index is 395. The molecule has 0 aliphatic rings. The number of nitrogens with two attached hydrogens (primary N) is 2. The van der Waals surface area contributed by atoms with Crippen molar-refractivity contribution in [3.63, 3.8) is 0 Å². The minimum atomic E-state index is -0.0640. The van der Waals surface area contributed by atoms with Gasteiger partial charge < -0.3 is 16.2 Å². The summed E-state index contributed by atoms with van der Waals surface area (Å²) in [6.07, 6.45) is 1.71. The van der Waals surface area contributed by atoms with Gasteiger partial charge in [0.2, 0.25) is 5.96 Å². The van der Waals surface area contributed by atoms with Crippen LogP contribution in [0.2, 0.25) is 0 Å². The second-order valence-corrected chi connectivity index (χ2v) is 3.51. The van der Waals surface area contributed by atoms with Crippen LogP contribution in [0.25, 0.3) is 0 Å². The fourth-order valence-electron chi connectivity index (χ4n) is 1.10. The van der Waals surface area contributed by atoms with Gasteiger partial charge in [-0.1, -0.05) is 12.1 Å². The van der Waals surface area contributed by atoms with Gasteiger partial charge in [-0.3, -0.25) is 0 Å². The van der Waals surface area contributed by atoms with E-state index in [1.54, 1.807) is 6.21 Å². The number of rotatable bonds is 4. The third-order valence-electron chi connectivity index (χ3n) is 1.61. The molecule has 0 radical (unpaired) electrons. The predicted octanol–water partition coefficient (Wildman–Crippen LogP) is 1.08. The zero-order valence-electron chi connectivity index (χ0n) is 9.42. The highest BCUT2D eigenvalue weighted by molar-refractivity contribution is 5.81. The molecule has 1 aromatic carbocycles. The molecule has 0 aromatic heterocycles. The van der Waals surface area contributed by atoms with Crippen LogP contribution in [-0.2, 0) is 0 Å². The lowest BCUT2D eigenvalue weighted by Gasteiger charge is -2.09. The number of nitrogens with zero attached hydrogens (tertiary/aromatic N) is 2. The van der Waals surface area contributed by atoms with E-state index in [-0.39, 0.29) is 12.1 Å². The summed E-state index contributed by atoms with van der Waals surface area (Å²) >= 11 is 0. The highest BCUT2D eigenvalue weighted by Crippen LogP contribution is 2.13.